The second kappa shape index (κ2) is 6.86. The van der Waals surface area contributed by atoms with E-state index in [0.29, 0.717) is 35.7 Å². The van der Waals surface area contributed by atoms with Gasteiger partial charge in [-0.05, 0) is 43.9 Å². The molecule has 1 saturated heterocycles. The summed E-state index contributed by atoms with van der Waals surface area (Å²) >= 11 is 0. The summed E-state index contributed by atoms with van der Waals surface area (Å²) in [6, 6.07) is 4.21. The van der Waals surface area contributed by atoms with Crippen molar-refractivity contribution in [1.82, 2.24) is 24.9 Å². The Balaban J connectivity index is 1.52. The molecule has 3 heterocycles. The maximum absolute atomic E-state index is 14.7. The van der Waals surface area contributed by atoms with Gasteiger partial charge in [0.05, 0.1) is 23.1 Å². The van der Waals surface area contributed by atoms with Crippen molar-refractivity contribution in [2.75, 3.05) is 6.54 Å². The molecule has 2 aliphatic rings. The standard InChI is InChI=1S/C21H24FN5O2/c1-12(14-8-19(28)23-9-14)29-18-7-13(6-17-20(18)21(22)26(2)25-17)15-10-24-27(11-15)16-4-3-5-16/h6-7,10-12,14,16H,3-5,8-9H2,1-2H3,(H,23,28)/t12-,14-/m1/s1. The van der Waals surface area contributed by atoms with Crippen LogP contribution in [0.15, 0.2) is 24.5 Å². The molecule has 29 heavy (non-hydrogen) atoms. The van der Waals surface area contributed by atoms with E-state index in [9.17, 15) is 9.18 Å². The number of hydrogen-bond acceptors (Lipinski definition) is 4. The average Bonchev–Trinajstić information content (AvgIpc) is 3.34. The van der Waals surface area contributed by atoms with Crippen LogP contribution in [0.25, 0.3) is 22.0 Å². The predicted molar refractivity (Wildman–Crippen MR) is 106 cm³/mol. The van der Waals surface area contributed by atoms with Crippen LogP contribution in [0.3, 0.4) is 0 Å². The number of aromatic nitrogens is 4. The topological polar surface area (TPSA) is 74.0 Å². The van der Waals surface area contributed by atoms with E-state index < -0.39 is 5.95 Å². The van der Waals surface area contributed by atoms with E-state index in [0.717, 1.165) is 24.0 Å². The second-order valence-corrected chi connectivity index (χ2v) is 8.17. The zero-order valence-corrected chi connectivity index (χ0v) is 16.6. The molecule has 1 saturated carbocycles. The van der Waals surface area contributed by atoms with Gasteiger partial charge in [-0.1, -0.05) is 0 Å². The summed E-state index contributed by atoms with van der Waals surface area (Å²) < 4.78 is 24.2. The van der Waals surface area contributed by atoms with Gasteiger partial charge in [-0.2, -0.15) is 14.6 Å². The van der Waals surface area contributed by atoms with Crippen molar-refractivity contribution in [3.05, 3.63) is 30.5 Å². The maximum atomic E-state index is 14.7. The number of carbonyl (C=O) groups is 1. The lowest BCUT2D eigenvalue weighted by molar-refractivity contribution is -0.119. The van der Waals surface area contributed by atoms with Gasteiger partial charge < -0.3 is 10.1 Å². The summed E-state index contributed by atoms with van der Waals surface area (Å²) in [5, 5.41) is 12.0. The Morgan fingerprint density at radius 2 is 2.14 bits per heavy atom. The fourth-order valence-corrected chi connectivity index (χ4v) is 4.11. The zero-order chi connectivity index (χ0) is 20.1. The smallest absolute Gasteiger partial charge is 0.222 e. The monoisotopic (exact) mass is 397 g/mol. The Kier molecular flexibility index (Phi) is 4.29. The normalized spacial score (nSPS) is 20.7. The Hall–Kier alpha value is -2.90. The van der Waals surface area contributed by atoms with Gasteiger partial charge in [-0.15, -0.1) is 0 Å². The molecule has 5 rings (SSSR count). The molecule has 2 atom stereocenters. The van der Waals surface area contributed by atoms with E-state index in [1.807, 2.05) is 36.1 Å². The van der Waals surface area contributed by atoms with Gasteiger partial charge in [-0.25, -0.2) is 4.68 Å². The third kappa shape index (κ3) is 3.16. The number of rotatable bonds is 5. The molecule has 1 aliphatic carbocycles. The number of amides is 1. The third-order valence-electron chi connectivity index (χ3n) is 6.20. The number of ether oxygens (including phenoxy) is 1. The molecule has 0 bridgehead atoms. The molecule has 2 fully saturated rings. The van der Waals surface area contributed by atoms with Gasteiger partial charge in [0, 0.05) is 37.7 Å². The minimum absolute atomic E-state index is 0.0281. The molecule has 8 heteroatoms. The van der Waals surface area contributed by atoms with Crippen molar-refractivity contribution in [2.45, 2.75) is 44.8 Å². The van der Waals surface area contributed by atoms with Crippen molar-refractivity contribution >= 4 is 16.8 Å². The van der Waals surface area contributed by atoms with Crippen LogP contribution in [-0.2, 0) is 11.8 Å². The van der Waals surface area contributed by atoms with E-state index >= 15 is 0 Å². The second-order valence-electron chi connectivity index (χ2n) is 8.17. The van der Waals surface area contributed by atoms with E-state index in [4.69, 9.17) is 4.74 Å². The summed E-state index contributed by atoms with van der Waals surface area (Å²) in [5.74, 6) is 0.105. The van der Waals surface area contributed by atoms with Crippen LogP contribution < -0.4 is 10.1 Å². The summed E-state index contributed by atoms with van der Waals surface area (Å²) in [4.78, 5) is 11.6. The molecule has 7 nitrogen and oxygen atoms in total. The number of aryl methyl sites for hydroxylation is 1. The van der Waals surface area contributed by atoms with E-state index in [1.54, 1.807) is 7.05 Å². The van der Waals surface area contributed by atoms with Crippen molar-refractivity contribution in [3.8, 4) is 16.9 Å². The van der Waals surface area contributed by atoms with E-state index in [1.165, 1.54) is 11.1 Å². The first-order chi connectivity index (χ1) is 14.0. The average molecular weight is 397 g/mol. The molecule has 0 spiro atoms. The number of nitrogens with one attached hydrogen (secondary N) is 1. The summed E-state index contributed by atoms with van der Waals surface area (Å²) in [6.45, 7) is 2.50. The van der Waals surface area contributed by atoms with Crippen molar-refractivity contribution in [2.24, 2.45) is 13.0 Å². The molecule has 1 aromatic carbocycles. The fraction of sp³-hybridized carbons (Fsp3) is 0.476. The highest BCUT2D eigenvalue weighted by atomic mass is 19.1. The van der Waals surface area contributed by atoms with E-state index in [2.05, 4.69) is 15.5 Å². The fourth-order valence-electron chi connectivity index (χ4n) is 4.11. The highest BCUT2D eigenvalue weighted by Crippen LogP contribution is 2.37. The van der Waals surface area contributed by atoms with Crippen LogP contribution >= 0.6 is 0 Å². The molecule has 1 N–H and O–H groups in total. The van der Waals surface area contributed by atoms with Crippen molar-refractivity contribution < 1.29 is 13.9 Å². The highest BCUT2D eigenvalue weighted by Gasteiger charge is 2.29. The Bertz CT molecular complexity index is 1080. The van der Waals surface area contributed by atoms with Gasteiger partial charge >= 0.3 is 0 Å². The van der Waals surface area contributed by atoms with Crippen LogP contribution in [-0.4, -0.2) is 38.1 Å². The summed E-state index contributed by atoms with van der Waals surface area (Å²) in [6.07, 6.45) is 7.63. The minimum atomic E-state index is -0.431. The lowest BCUT2D eigenvalue weighted by atomic mass is 9.93. The zero-order valence-electron chi connectivity index (χ0n) is 16.6. The van der Waals surface area contributed by atoms with E-state index in [-0.39, 0.29) is 17.9 Å². The lowest BCUT2D eigenvalue weighted by Gasteiger charge is -2.25. The quantitative estimate of drug-likeness (QED) is 0.718. The Morgan fingerprint density at radius 1 is 1.31 bits per heavy atom. The molecular weight excluding hydrogens is 373 g/mol. The maximum Gasteiger partial charge on any atom is 0.222 e. The first-order valence-electron chi connectivity index (χ1n) is 10.1. The van der Waals surface area contributed by atoms with Gasteiger partial charge in [0.15, 0.2) is 0 Å². The first-order valence-corrected chi connectivity index (χ1v) is 10.1. The van der Waals surface area contributed by atoms with Crippen LogP contribution in [0, 0.1) is 11.9 Å². The third-order valence-corrected chi connectivity index (χ3v) is 6.20. The van der Waals surface area contributed by atoms with Crippen LogP contribution in [0.4, 0.5) is 4.39 Å². The number of carbonyl (C=O) groups excluding carboxylic acids is 1. The Labute approximate surface area is 167 Å². The molecule has 3 aromatic rings. The molecule has 1 aliphatic heterocycles. The number of fused-ring (bicyclic) bond motifs is 1. The highest BCUT2D eigenvalue weighted by molar-refractivity contribution is 5.90. The van der Waals surface area contributed by atoms with Crippen molar-refractivity contribution in [3.63, 3.8) is 0 Å². The summed E-state index contributed by atoms with van der Waals surface area (Å²) in [5.41, 5.74) is 2.39. The van der Waals surface area contributed by atoms with Crippen molar-refractivity contribution in [1.29, 1.82) is 0 Å². The molecule has 0 radical (unpaired) electrons. The molecule has 0 unspecified atom stereocenters. The summed E-state index contributed by atoms with van der Waals surface area (Å²) in [7, 11) is 1.58. The predicted octanol–water partition coefficient (Wildman–Crippen LogP) is 3.20. The lowest BCUT2D eigenvalue weighted by Crippen LogP contribution is -2.25. The number of benzene rings is 1. The molecular formula is C21H24FN5O2. The number of nitrogens with zero attached hydrogens (tertiary/aromatic N) is 4. The van der Waals surface area contributed by atoms with Crippen LogP contribution in [0.2, 0.25) is 0 Å². The largest absolute Gasteiger partial charge is 0.489 e. The molecule has 1 amide bonds. The first kappa shape index (κ1) is 18.1. The SMILES string of the molecule is C[C@@H](Oc1cc(-c2cnn(C3CCC3)c2)cc2nn(C)c(F)c12)[C@H]1CNC(=O)C1. The van der Waals surface area contributed by atoms with Gasteiger partial charge in [0.25, 0.3) is 0 Å². The number of halogens is 1. The molecule has 152 valence electrons. The minimum Gasteiger partial charge on any atom is -0.489 e. The van der Waals surface area contributed by atoms with Gasteiger partial charge in [-0.3, -0.25) is 9.48 Å². The molecule has 2 aromatic heterocycles. The van der Waals surface area contributed by atoms with Gasteiger partial charge in [0.2, 0.25) is 11.9 Å². The van der Waals surface area contributed by atoms with Crippen LogP contribution in [0.5, 0.6) is 5.75 Å². The number of hydrogen-bond donors (Lipinski definition) is 1. The Morgan fingerprint density at radius 3 is 2.83 bits per heavy atom. The van der Waals surface area contributed by atoms with Crippen LogP contribution in [0.1, 0.15) is 38.6 Å². The van der Waals surface area contributed by atoms with Gasteiger partial charge in [0.1, 0.15) is 11.9 Å².